The Kier molecular flexibility index (Phi) is 6.28. The van der Waals surface area contributed by atoms with Gasteiger partial charge < -0.3 is 4.74 Å². The predicted octanol–water partition coefficient (Wildman–Crippen LogP) is 3.31. The van der Waals surface area contributed by atoms with Crippen LogP contribution in [0, 0.1) is 12.7 Å². The molecule has 2 aromatic carbocycles. The fraction of sp³-hybridized carbons (Fsp3) is 0.150. The van der Waals surface area contributed by atoms with Gasteiger partial charge in [0.2, 0.25) is 0 Å². The van der Waals surface area contributed by atoms with Crippen LogP contribution in [-0.2, 0) is 4.79 Å². The van der Waals surface area contributed by atoms with E-state index in [9.17, 15) is 14.0 Å². The Balaban J connectivity index is 1.62. The van der Waals surface area contributed by atoms with Gasteiger partial charge >= 0.3 is 0 Å². The largest absolute Gasteiger partial charge is 0.481 e. The molecule has 2 amide bonds. The first kappa shape index (κ1) is 20.5. The van der Waals surface area contributed by atoms with Crippen LogP contribution in [0.5, 0.6) is 5.75 Å². The van der Waals surface area contributed by atoms with Gasteiger partial charge in [0, 0.05) is 4.47 Å². The number of hydrogen-bond donors (Lipinski definition) is 2. The van der Waals surface area contributed by atoms with Crippen molar-refractivity contribution >= 4 is 27.7 Å². The molecule has 3 aromatic rings. The summed E-state index contributed by atoms with van der Waals surface area (Å²) < 4.78 is 21.7. The van der Waals surface area contributed by atoms with Crippen molar-refractivity contribution in [3.05, 3.63) is 76.3 Å². The molecule has 29 heavy (non-hydrogen) atoms. The molecule has 0 fully saturated rings. The minimum Gasteiger partial charge on any atom is -0.481 e. The maximum Gasteiger partial charge on any atom is 0.279 e. The molecule has 0 radical (unpaired) electrons. The lowest BCUT2D eigenvalue weighted by molar-refractivity contribution is -0.128. The second-order valence-corrected chi connectivity index (χ2v) is 7.08. The molecule has 0 aliphatic carbocycles. The third-order valence-corrected chi connectivity index (χ3v) is 4.61. The van der Waals surface area contributed by atoms with Crippen molar-refractivity contribution in [3.8, 4) is 11.4 Å². The average molecular weight is 461 g/mol. The van der Waals surface area contributed by atoms with Crippen LogP contribution in [0.3, 0.4) is 0 Å². The topological polar surface area (TPSA) is 85.2 Å². The summed E-state index contributed by atoms with van der Waals surface area (Å²) in [6.07, 6.45) is 0.469. The van der Waals surface area contributed by atoms with Crippen LogP contribution in [0.4, 0.5) is 4.39 Å². The molecule has 9 heteroatoms. The molecule has 1 aromatic heterocycles. The lowest BCUT2D eigenvalue weighted by Crippen LogP contribution is -2.47. The summed E-state index contributed by atoms with van der Waals surface area (Å²) >= 11 is 3.33. The molecule has 0 spiro atoms. The standard InChI is InChI=1S/C20H18BrFN4O3/c1-12-16(11-23-26(12)18-9-4-3-8-17(18)22)20(28)25-24-19(27)13(2)29-15-7-5-6-14(21)10-15/h3-11,13H,1-2H3,(H,24,27)(H,25,28). The third-order valence-electron chi connectivity index (χ3n) is 4.11. The quantitative estimate of drug-likeness (QED) is 0.572. The smallest absolute Gasteiger partial charge is 0.279 e. The van der Waals surface area contributed by atoms with Crippen molar-refractivity contribution in [1.29, 1.82) is 0 Å². The fourth-order valence-corrected chi connectivity index (χ4v) is 2.96. The van der Waals surface area contributed by atoms with Crippen LogP contribution in [0.2, 0.25) is 0 Å². The maximum absolute atomic E-state index is 14.0. The van der Waals surface area contributed by atoms with Crippen LogP contribution >= 0.6 is 15.9 Å². The number of nitrogens with one attached hydrogen (secondary N) is 2. The van der Waals surface area contributed by atoms with E-state index in [1.54, 1.807) is 50.2 Å². The molecule has 0 saturated heterocycles. The van der Waals surface area contributed by atoms with E-state index in [0.29, 0.717) is 11.4 Å². The molecule has 0 bridgehead atoms. The number of para-hydroxylation sites is 1. The van der Waals surface area contributed by atoms with Gasteiger partial charge in [-0.25, -0.2) is 9.07 Å². The highest BCUT2D eigenvalue weighted by Crippen LogP contribution is 2.19. The van der Waals surface area contributed by atoms with Crippen LogP contribution in [-0.4, -0.2) is 27.7 Å². The number of rotatable bonds is 5. The van der Waals surface area contributed by atoms with E-state index in [1.807, 2.05) is 6.07 Å². The van der Waals surface area contributed by atoms with Crippen molar-refractivity contribution in [2.45, 2.75) is 20.0 Å². The van der Waals surface area contributed by atoms with E-state index in [1.165, 1.54) is 16.9 Å². The maximum atomic E-state index is 14.0. The molecule has 1 heterocycles. The number of hydrogen-bond acceptors (Lipinski definition) is 4. The minimum atomic E-state index is -0.841. The second kappa shape index (κ2) is 8.87. The molecular weight excluding hydrogens is 443 g/mol. The van der Waals surface area contributed by atoms with Gasteiger partial charge in [0.25, 0.3) is 11.8 Å². The number of ether oxygens (including phenoxy) is 1. The van der Waals surface area contributed by atoms with E-state index in [-0.39, 0.29) is 11.3 Å². The molecule has 3 rings (SSSR count). The van der Waals surface area contributed by atoms with Gasteiger partial charge in [-0.3, -0.25) is 20.4 Å². The zero-order valence-electron chi connectivity index (χ0n) is 15.6. The monoisotopic (exact) mass is 460 g/mol. The highest BCUT2D eigenvalue weighted by molar-refractivity contribution is 9.10. The zero-order valence-corrected chi connectivity index (χ0v) is 17.2. The number of carbonyl (C=O) groups excluding carboxylic acids is 2. The van der Waals surface area contributed by atoms with E-state index in [0.717, 1.165) is 4.47 Å². The first-order valence-corrected chi connectivity index (χ1v) is 9.48. The Morgan fingerprint density at radius 1 is 1.17 bits per heavy atom. The highest BCUT2D eigenvalue weighted by Gasteiger charge is 2.19. The molecule has 2 N–H and O–H groups in total. The second-order valence-electron chi connectivity index (χ2n) is 6.17. The van der Waals surface area contributed by atoms with Crippen LogP contribution < -0.4 is 15.6 Å². The molecule has 1 atom stereocenters. The van der Waals surface area contributed by atoms with E-state index in [4.69, 9.17) is 4.74 Å². The summed E-state index contributed by atoms with van der Waals surface area (Å²) in [6, 6.07) is 13.2. The highest BCUT2D eigenvalue weighted by atomic mass is 79.9. The number of carbonyl (C=O) groups is 2. The van der Waals surface area contributed by atoms with Crippen molar-refractivity contribution in [3.63, 3.8) is 0 Å². The van der Waals surface area contributed by atoms with Crippen molar-refractivity contribution in [2.75, 3.05) is 0 Å². The normalized spacial score (nSPS) is 11.6. The number of benzene rings is 2. The number of aromatic nitrogens is 2. The van der Waals surface area contributed by atoms with Gasteiger partial charge in [-0.05, 0) is 44.2 Å². The summed E-state index contributed by atoms with van der Waals surface area (Å²) in [5.74, 6) is -1.06. The summed E-state index contributed by atoms with van der Waals surface area (Å²) in [7, 11) is 0. The Bertz CT molecular complexity index is 1050. The lowest BCUT2D eigenvalue weighted by Gasteiger charge is -2.15. The van der Waals surface area contributed by atoms with Crippen LogP contribution in [0.1, 0.15) is 23.0 Å². The van der Waals surface area contributed by atoms with E-state index in [2.05, 4.69) is 31.9 Å². The third kappa shape index (κ3) is 4.80. The van der Waals surface area contributed by atoms with Gasteiger partial charge in [0.05, 0.1) is 17.5 Å². The van der Waals surface area contributed by atoms with Gasteiger partial charge in [-0.1, -0.05) is 34.1 Å². The average Bonchev–Trinajstić information content (AvgIpc) is 3.07. The van der Waals surface area contributed by atoms with Crippen molar-refractivity contribution < 1.29 is 18.7 Å². The van der Waals surface area contributed by atoms with Gasteiger partial charge in [-0.15, -0.1) is 0 Å². The molecular formula is C20H18BrFN4O3. The zero-order chi connectivity index (χ0) is 21.0. The first-order chi connectivity index (χ1) is 13.9. The summed E-state index contributed by atoms with van der Waals surface area (Å²) in [5.41, 5.74) is 5.50. The molecule has 0 aliphatic heterocycles. The fourth-order valence-electron chi connectivity index (χ4n) is 2.58. The molecule has 0 aliphatic rings. The molecule has 0 saturated carbocycles. The number of nitrogens with zero attached hydrogens (tertiary/aromatic N) is 2. The predicted molar refractivity (Wildman–Crippen MR) is 108 cm³/mol. The molecule has 7 nitrogen and oxygen atoms in total. The van der Waals surface area contributed by atoms with Crippen molar-refractivity contribution in [2.24, 2.45) is 0 Å². The number of amides is 2. The summed E-state index contributed by atoms with van der Waals surface area (Å²) in [4.78, 5) is 24.6. The SMILES string of the molecule is Cc1c(C(=O)NNC(=O)C(C)Oc2cccc(Br)c2)cnn1-c1ccccc1F. The minimum absolute atomic E-state index is 0.203. The Labute approximate surface area is 175 Å². The first-order valence-electron chi connectivity index (χ1n) is 8.68. The Morgan fingerprint density at radius 3 is 2.66 bits per heavy atom. The van der Waals surface area contributed by atoms with E-state index < -0.39 is 23.7 Å². The Hall–Kier alpha value is -3.20. The molecule has 1 unspecified atom stereocenters. The summed E-state index contributed by atoms with van der Waals surface area (Å²) in [6.45, 7) is 3.19. The van der Waals surface area contributed by atoms with Crippen LogP contribution in [0.15, 0.2) is 59.2 Å². The van der Waals surface area contributed by atoms with Gasteiger partial charge in [0.1, 0.15) is 17.3 Å². The van der Waals surface area contributed by atoms with Gasteiger partial charge in [-0.2, -0.15) is 5.10 Å². The van der Waals surface area contributed by atoms with Crippen LogP contribution in [0.25, 0.3) is 5.69 Å². The number of halogens is 2. The van der Waals surface area contributed by atoms with E-state index >= 15 is 0 Å². The number of hydrazine groups is 1. The molecule has 150 valence electrons. The van der Waals surface area contributed by atoms with Crippen molar-refractivity contribution in [1.82, 2.24) is 20.6 Å². The lowest BCUT2D eigenvalue weighted by atomic mass is 10.2. The van der Waals surface area contributed by atoms with Gasteiger partial charge in [0.15, 0.2) is 6.10 Å². The summed E-state index contributed by atoms with van der Waals surface area (Å²) in [5, 5.41) is 4.07. The Morgan fingerprint density at radius 2 is 1.93 bits per heavy atom.